The summed E-state index contributed by atoms with van der Waals surface area (Å²) in [6, 6.07) is 4.49. The lowest BCUT2D eigenvalue weighted by Crippen LogP contribution is -2.49. The van der Waals surface area contributed by atoms with Crippen molar-refractivity contribution in [3.8, 4) is 5.75 Å². The lowest BCUT2D eigenvalue weighted by Gasteiger charge is -2.36. The van der Waals surface area contributed by atoms with Gasteiger partial charge >= 0.3 is 0 Å². The number of ether oxygens (including phenoxy) is 1. The van der Waals surface area contributed by atoms with Crippen molar-refractivity contribution in [1.29, 1.82) is 0 Å². The fourth-order valence-electron chi connectivity index (χ4n) is 5.54. The van der Waals surface area contributed by atoms with E-state index in [9.17, 15) is 17.6 Å². The average molecular weight is 538 g/mol. The molecule has 0 aliphatic carbocycles. The molecule has 1 aromatic rings. The van der Waals surface area contributed by atoms with Gasteiger partial charge in [-0.1, -0.05) is 13.8 Å². The molecule has 0 bridgehead atoms. The van der Waals surface area contributed by atoms with E-state index in [1.165, 1.54) is 4.31 Å². The average Bonchev–Trinajstić information content (AvgIpc) is 3.21. The number of carbonyl (C=O) groups is 1. The minimum Gasteiger partial charge on any atom is -0.494 e. The van der Waals surface area contributed by atoms with Crippen molar-refractivity contribution < 1.29 is 22.3 Å². The van der Waals surface area contributed by atoms with Crippen molar-refractivity contribution in [1.82, 2.24) is 24.3 Å². The molecule has 206 valence electrons. The van der Waals surface area contributed by atoms with Crippen molar-refractivity contribution in [3.05, 3.63) is 35.0 Å². The maximum absolute atomic E-state index is 13.6. The lowest BCUT2D eigenvalue weighted by molar-refractivity contribution is -0.118. The summed E-state index contributed by atoms with van der Waals surface area (Å²) < 4.78 is 47.6. The summed E-state index contributed by atoms with van der Waals surface area (Å²) in [6.45, 7) is 10.6. The first-order valence-electron chi connectivity index (χ1n) is 13.2. The number of halogens is 1. The van der Waals surface area contributed by atoms with Gasteiger partial charge in [0.15, 0.2) is 0 Å². The Morgan fingerprint density at radius 1 is 1.16 bits per heavy atom. The third-order valence-corrected chi connectivity index (χ3v) is 9.16. The maximum atomic E-state index is 13.6. The van der Waals surface area contributed by atoms with Crippen LogP contribution in [0.3, 0.4) is 0 Å². The van der Waals surface area contributed by atoms with Gasteiger partial charge < -0.3 is 19.9 Å². The molecule has 3 heterocycles. The van der Waals surface area contributed by atoms with E-state index in [2.05, 4.69) is 22.0 Å². The Morgan fingerprint density at radius 3 is 2.54 bits per heavy atom. The number of likely N-dealkylation sites (N-methyl/N-ethyl adjacent to an activating group) is 1. The summed E-state index contributed by atoms with van der Waals surface area (Å²) in [5.74, 6) is 0.360. The van der Waals surface area contributed by atoms with Gasteiger partial charge in [0.2, 0.25) is 10.0 Å². The van der Waals surface area contributed by atoms with Gasteiger partial charge in [-0.05, 0) is 49.6 Å². The molecular weight excluding hydrogens is 497 g/mol. The number of benzene rings is 1. The highest BCUT2D eigenvalue weighted by Crippen LogP contribution is 2.39. The molecule has 1 fully saturated rings. The van der Waals surface area contributed by atoms with Crippen LogP contribution >= 0.6 is 0 Å². The lowest BCUT2D eigenvalue weighted by atomic mass is 9.97. The monoisotopic (exact) mass is 537 g/mol. The second-order valence-electron chi connectivity index (χ2n) is 10.3. The number of hydrogen-bond donors (Lipinski definition) is 1. The molecule has 1 N–H and O–H groups in total. The number of carbonyl (C=O) groups excluding carboxylic acids is 1. The summed E-state index contributed by atoms with van der Waals surface area (Å²) in [5.41, 5.74) is 2.26. The van der Waals surface area contributed by atoms with Crippen LogP contribution in [0.25, 0.3) is 0 Å². The molecule has 3 aliphatic rings. The Labute approximate surface area is 220 Å². The van der Waals surface area contributed by atoms with Crippen molar-refractivity contribution >= 4 is 15.9 Å². The fourth-order valence-corrected chi connectivity index (χ4v) is 7.00. The van der Waals surface area contributed by atoms with Gasteiger partial charge in [0, 0.05) is 51.9 Å². The zero-order valence-electron chi connectivity index (χ0n) is 22.4. The number of nitrogens with zero attached hydrogens (tertiary/aromatic N) is 4. The molecule has 37 heavy (non-hydrogen) atoms. The zero-order chi connectivity index (χ0) is 26.7. The van der Waals surface area contributed by atoms with Crippen LogP contribution in [0.5, 0.6) is 5.75 Å². The number of sulfonamides is 1. The SMILES string of the molecule is CCCN1CC2=C(C(=O)NC2c2cc(S(=O)(=O)N3CCN(C[C@@H](C)CF)CC3)ccc2OCC)N(C)C1. The Kier molecular flexibility index (Phi) is 8.77. The molecule has 0 aromatic heterocycles. The third-order valence-electron chi connectivity index (χ3n) is 7.27. The molecule has 1 amide bonds. The van der Waals surface area contributed by atoms with Crippen molar-refractivity contribution in [2.75, 3.05) is 72.8 Å². The normalized spacial score (nSPS) is 22.8. The Balaban J connectivity index is 1.62. The van der Waals surface area contributed by atoms with Gasteiger partial charge in [-0.15, -0.1) is 0 Å². The number of hydrogen-bond acceptors (Lipinski definition) is 7. The van der Waals surface area contributed by atoms with E-state index in [4.69, 9.17) is 4.74 Å². The van der Waals surface area contributed by atoms with E-state index in [1.807, 2.05) is 25.8 Å². The molecule has 4 rings (SSSR count). The first kappa shape index (κ1) is 27.8. The van der Waals surface area contributed by atoms with Crippen LogP contribution in [-0.4, -0.2) is 106 Å². The van der Waals surface area contributed by atoms with Gasteiger partial charge in [-0.25, -0.2) is 8.42 Å². The number of rotatable bonds is 10. The topological polar surface area (TPSA) is 85.4 Å². The molecule has 1 unspecified atom stereocenters. The molecule has 2 atom stereocenters. The van der Waals surface area contributed by atoms with Gasteiger partial charge in [-0.2, -0.15) is 4.31 Å². The van der Waals surface area contributed by atoms with Crippen molar-refractivity contribution in [3.63, 3.8) is 0 Å². The second-order valence-corrected chi connectivity index (χ2v) is 12.2. The predicted molar refractivity (Wildman–Crippen MR) is 140 cm³/mol. The van der Waals surface area contributed by atoms with Crippen LogP contribution in [0.15, 0.2) is 34.4 Å². The fraction of sp³-hybridized carbons (Fsp3) is 0.654. The van der Waals surface area contributed by atoms with E-state index < -0.39 is 16.1 Å². The van der Waals surface area contributed by atoms with Crippen molar-refractivity contribution in [2.24, 2.45) is 5.92 Å². The highest BCUT2D eigenvalue weighted by atomic mass is 32.2. The summed E-state index contributed by atoms with van der Waals surface area (Å²) in [7, 11) is -1.83. The zero-order valence-corrected chi connectivity index (χ0v) is 23.2. The van der Waals surface area contributed by atoms with Crippen LogP contribution in [0.2, 0.25) is 0 Å². The highest BCUT2D eigenvalue weighted by Gasteiger charge is 2.40. The van der Waals surface area contributed by atoms with Gasteiger partial charge in [0.05, 0.1) is 30.9 Å². The smallest absolute Gasteiger partial charge is 0.268 e. The highest BCUT2D eigenvalue weighted by molar-refractivity contribution is 7.89. The number of piperazine rings is 1. The van der Waals surface area contributed by atoms with E-state index >= 15 is 0 Å². The summed E-state index contributed by atoms with van der Waals surface area (Å²) >= 11 is 0. The second kappa shape index (κ2) is 11.7. The number of nitrogens with one attached hydrogen (secondary N) is 1. The van der Waals surface area contributed by atoms with Gasteiger partial charge in [-0.3, -0.25) is 14.1 Å². The first-order chi connectivity index (χ1) is 17.7. The van der Waals surface area contributed by atoms with Crippen LogP contribution in [0, 0.1) is 5.92 Å². The first-order valence-corrected chi connectivity index (χ1v) is 14.7. The molecule has 0 saturated carbocycles. The van der Waals surface area contributed by atoms with Crippen molar-refractivity contribution in [2.45, 2.75) is 38.1 Å². The third kappa shape index (κ3) is 5.79. The Hall–Kier alpha value is -2.21. The van der Waals surface area contributed by atoms with E-state index in [1.54, 1.807) is 18.2 Å². The van der Waals surface area contributed by atoms with Crippen LogP contribution < -0.4 is 10.1 Å². The molecule has 9 nitrogen and oxygen atoms in total. The molecule has 1 saturated heterocycles. The maximum Gasteiger partial charge on any atom is 0.268 e. The minimum absolute atomic E-state index is 0.0651. The largest absolute Gasteiger partial charge is 0.494 e. The molecule has 3 aliphatic heterocycles. The van der Waals surface area contributed by atoms with Gasteiger partial charge in [0.25, 0.3) is 5.91 Å². The van der Waals surface area contributed by atoms with Crippen LogP contribution in [-0.2, 0) is 14.8 Å². The Bertz CT molecular complexity index is 1120. The summed E-state index contributed by atoms with van der Waals surface area (Å²) in [4.78, 5) is 19.5. The molecule has 0 radical (unpaired) electrons. The minimum atomic E-state index is -3.75. The summed E-state index contributed by atoms with van der Waals surface area (Å²) in [5, 5.41) is 3.08. The molecule has 11 heteroatoms. The van der Waals surface area contributed by atoms with E-state index in [0.29, 0.717) is 69.6 Å². The van der Waals surface area contributed by atoms with E-state index in [-0.39, 0.29) is 23.4 Å². The molecule has 1 aromatic carbocycles. The number of alkyl halides is 1. The summed E-state index contributed by atoms with van der Waals surface area (Å²) in [6.07, 6.45) is 1.00. The van der Waals surface area contributed by atoms with Gasteiger partial charge in [0.1, 0.15) is 11.4 Å². The quantitative estimate of drug-likeness (QED) is 0.489. The van der Waals surface area contributed by atoms with E-state index in [0.717, 1.165) is 18.5 Å². The molecular formula is C26H40FN5O4S. The van der Waals surface area contributed by atoms with Crippen LogP contribution in [0.4, 0.5) is 4.39 Å². The Morgan fingerprint density at radius 2 is 1.89 bits per heavy atom. The molecule has 0 spiro atoms. The standard InChI is InChI=1S/C26H40FN5O4S/c1-5-9-31-17-22-24(28-26(33)25(22)29(4)18-31)21-14-20(7-8-23(21)36-6-2)37(34,35)32-12-10-30(11-13-32)16-19(3)15-27/h7-8,14,19,24H,5-6,9-13,15-18H2,1-4H3,(H,28,33)/t19-,24?/m0/s1. The number of amides is 1. The van der Waals surface area contributed by atoms with Crippen LogP contribution in [0.1, 0.15) is 38.8 Å². The predicted octanol–water partition coefficient (Wildman–Crippen LogP) is 2.04.